The number of halogens is 2. The molecule has 0 fully saturated rings. The van der Waals surface area contributed by atoms with Crippen molar-refractivity contribution in [1.29, 1.82) is 0 Å². The van der Waals surface area contributed by atoms with E-state index in [2.05, 4.69) is 10.5 Å². The number of rotatable bonds is 6. The van der Waals surface area contributed by atoms with Crippen molar-refractivity contribution >= 4 is 11.9 Å². The maximum Gasteiger partial charge on any atom is 0.307 e. The molecule has 6 nitrogen and oxygen atoms in total. The van der Waals surface area contributed by atoms with Gasteiger partial charge in [-0.3, -0.25) is 9.59 Å². The summed E-state index contributed by atoms with van der Waals surface area (Å²) in [6.07, 6.45) is -0.0854. The number of amides is 1. The number of benzene rings is 1. The van der Waals surface area contributed by atoms with Gasteiger partial charge >= 0.3 is 5.97 Å². The second-order valence-corrected chi connectivity index (χ2v) is 5.09. The number of ether oxygens (including phenoxy) is 1. The topological polar surface area (TPSA) is 81.4 Å². The average Bonchev–Trinajstić information content (AvgIpc) is 2.83. The van der Waals surface area contributed by atoms with Crippen molar-refractivity contribution in [3.05, 3.63) is 52.4 Å². The van der Waals surface area contributed by atoms with E-state index in [9.17, 15) is 18.4 Å². The number of hydrogen-bond acceptors (Lipinski definition) is 5. The maximum atomic E-state index is 13.4. The fourth-order valence-electron chi connectivity index (χ4n) is 1.98. The van der Waals surface area contributed by atoms with Crippen LogP contribution in [0.2, 0.25) is 0 Å². The first-order valence-corrected chi connectivity index (χ1v) is 7.19. The number of carbonyl (C=O) groups is 2. The maximum absolute atomic E-state index is 13.4. The third kappa shape index (κ3) is 4.37. The molecule has 0 aliphatic heterocycles. The van der Waals surface area contributed by atoms with Gasteiger partial charge in [-0.15, -0.1) is 0 Å². The highest BCUT2D eigenvalue weighted by Crippen LogP contribution is 2.13. The van der Waals surface area contributed by atoms with E-state index in [-0.39, 0.29) is 25.1 Å². The molecule has 0 unspecified atom stereocenters. The summed E-state index contributed by atoms with van der Waals surface area (Å²) >= 11 is 0. The number of hydrogen-bond donors (Lipinski definition) is 1. The molecule has 0 spiro atoms. The second kappa shape index (κ2) is 7.67. The van der Waals surface area contributed by atoms with Crippen molar-refractivity contribution < 1.29 is 27.6 Å². The summed E-state index contributed by atoms with van der Waals surface area (Å²) in [5.74, 6) is -2.43. The minimum absolute atomic E-state index is 0.0283. The fourth-order valence-corrected chi connectivity index (χ4v) is 1.98. The Kier molecular flexibility index (Phi) is 5.62. The minimum atomic E-state index is -0.964. The highest BCUT2D eigenvalue weighted by Gasteiger charge is 2.14. The van der Waals surface area contributed by atoms with Crippen LogP contribution < -0.4 is 5.32 Å². The van der Waals surface area contributed by atoms with Crippen molar-refractivity contribution in [2.75, 3.05) is 6.54 Å². The van der Waals surface area contributed by atoms with Crippen molar-refractivity contribution in [2.24, 2.45) is 0 Å². The molecule has 0 bridgehead atoms. The Morgan fingerprint density at radius 2 is 2.04 bits per heavy atom. The van der Waals surface area contributed by atoms with Gasteiger partial charge in [0.15, 0.2) is 0 Å². The number of carbonyl (C=O) groups excluding carboxylic acids is 2. The molecule has 0 radical (unpaired) electrons. The predicted molar refractivity (Wildman–Crippen MR) is 79.1 cm³/mol. The van der Waals surface area contributed by atoms with E-state index < -0.39 is 23.5 Å². The SMILES string of the molecule is Cc1noc(C)c1COC(=O)CCNC(=O)c1ccc(F)cc1F. The summed E-state index contributed by atoms with van der Waals surface area (Å²) in [6, 6.07) is 2.64. The van der Waals surface area contributed by atoms with Gasteiger partial charge in [0.05, 0.1) is 23.2 Å². The zero-order valence-corrected chi connectivity index (χ0v) is 13.2. The number of aryl methyl sites for hydroxylation is 2. The van der Waals surface area contributed by atoms with Gasteiger partial charge < -0.3 is 14.6 Å². The third-order valence-electron chi connectivity index (χ3n) is 3.35. The van der Waals surface area contributed by atoms with Crippen LogP contribution in [0.1, 0.15) is 33.8 Å². The van der Waals surface area contributed by atoms with Crippen LogP contribution in [-0.4, -0.2) is 23.6 Å². The van der Waals surface area contributed by atoms with Crippen LogP contribution in [0.15, 0.2) is 22.7 Å². The van der Waals surface area contributed by atoms with Crippen LogP contribution in [0.25, 0.3) is 0 Å². The van der Waals surface area contributed by atoms with Gasteiger partial charge in [0.25, 0.3) is 5.91 Å². The molecule has 0 saturated heterocycles. The zero-order valence-electron chi connectivity index (χ0n) is 13.2. The van der Waals surface area contributed by atoms with E-state index >= 15 is 0 Å². The van der Waals surface area contributed by atoms with Crippen LogP contribution in [0.5, 0.6) is 0 Å². The Bertz CT molecular complexity index is 739. The first-order chi connectivity index (χ1) is 11.4. The monoisotopic (exact) mass is 338 g/mol. The average molecular weight is 338 g/mol. The van der Waals surface area contributed by atoms with Crippen LogP contribution in [0.4, 0.5) is 8.78 Å². The molecule has 1 amide bonds. The summed E-state index contributed by atoms with van der Waals surface area (Å²) in [4.78, 5) is 23.4. The van der Waals surface area contributed by atoms with Gasteiger partial charge in [0, 0.05) is 12.6 Å². The van der Waals surface area contributed by atoms with Gasteiger partial charge in [-0.1, -0.05) is 5.16 Å². The molecule has 2 aromatic rings. The zero-order chi connectivity index (χ0) is 17.7. The number of esters is 1. The smallest absolute Gasteiger partial charge is 0.307 e. The molecule has 1 N–H and O–H groups in total. The summed E-state index contributed by atoms with van der Waals surface area (Å²) in [5.41, 5.74) is 1.04. The van der Waals surface area contributed by atoms with Gasteiger partial charge in [-0.2, -0.15) is 0 Å². The van der Waals surface area contributed by atoms with E-state index in [1.807, 2.05) is 0 Å². The van der Waals surface area contributed by atoms with E-state index in [0.29, 0.717) is 23.1 Å². The third-order valence-corrected chi connectivity index (χ3v) is 3.35. The van der Waals surface area contributed by atoms with Crippen molar-refractivity contribution in [3.63, 3.8) is 0 Å². The highest BCUT2D eigenvalue weighted by molar-refractivity contribution is 5.94. The largest absolute Gasteiger partial charge is 0.461 e. The van der Waals surface area contributed by atoms with Gasteiger partial charge in [0.1, 0.15) is 24.0 Å². The van der Waals surface area contributed by atoms with Crippen LogP contribution in [0.3, 0.4) is 0 Å². The summed E-state index contributed by atoms with van der Waals surface area (Å²) in [6.45, 7) is 3.44. The lowest BCUT2D eigenvalue weighted by atomic mass is 10.2. The molecule has 0 saturated carbocycles. The van der Waals surface area contributed by atoms with E-state index in [1.54, 1.807) is 13.8 Å². The standard InChI is InChI=1S/C16H16F2N2O4/c1-9-13(10(2)24-20-9)8-23-15(21)5-6-19-16(22)12-4-3-11(17)7-14(12)18/h3-4,7H,5-6,8H2,1-2H3,(H,19,22). The number of aromatic nitrogens is 1. The molecule has 1 aromatic carbocycles. The van der Waals surface area contributed by atoms with Gasteiger partial charge in [-0.05, 0) is 26.0 Å². The molecule has 1 aromatic heterocycles. The van der Waals surface area contributed by atoms with E-state index in [0.717, 1.165) is 12.1 Å². The molecule has 128 valence electrons. The van der Waals surface area contributed by atoms with Crippen LogP contribution >= 0.6 is 0 Å². The lowest BCUT2D eigenvalue weighted by Crippen LogP contribution is -2.27. The van der Waals surface area contributed by atoms with Crippen molar-refractivity contribution in [3.8, 4) is 0 Å². The lowest BCUT2D eigenvalue weighted by Gasteiger charge is -2.07. The molecule has 0 atom stereocenters. The Morgan fingerprint density at radius 1 is 1.29 bits per heavy atom. The number of nitrogens with one attached hydrogen (secondary N) is 1. The predicted octanol–water partition coefficient (Wildman–Crippen LogP) is 2.43. The Balaban J connectivity index is 1.77. The molecule has 8 heteroatoms. The first-order valence-electron chi connectivity index (χ1n) is 7.19. The summed E-state index contributed by atoms with van der Waals surface area (Å²) in [5, 5.41) is 6.11. The highest BCUT2D eigenvalue weighted by atomic mass is 19.1. The quantitative estimate of drug-likeness (QED) is 0.818. The normalized spacial score (nSPS) is 10.5. The van der Waals surface area contributed by atoms with E-state index in [1.165, 1.54) is 0 Å². The van der Waals surface area contributed by atoms with Crippen LogP contribution in [-0.2, 0) is 16.1 Å². The molecule has 1 heterocycles. The van der Waals surface area contributed by atoms with Crippen LogP contribution in [0, 0.1) is 25.5 Å². The molecular weight excluding hydrogens is 322 g/mol. The molecular formula is C16H16F2N2O4. The van der Waals surface area contributed by atoms with Gasteiger partial charge in [-0.25, -0.2) is 8.78 Å². The number of nitrogens with zero attached hydrogens (tertiary/aromatic N) is 1. The molecule has 0 aliphatic carbocycles. The van der Waals surface area contributed by atoms with Crippen molar-refractivity contribution in [1.82, 2.24) is 10.5 Å². The fraction of sp³-hybridized carbons (Fsp3) is 0.312. The summed E-state index contributed by atoms with van der Waals surface area (Å²) < 4.78 is 36.2. The summed E-state index contributed by atoms with van der Waals surface area (Å²) in [7, 11) is 0. The van der Waals surface area contributed by atoms with Gasteiger partial charge in [0.2, 0.25) is 0 Å². The lowest BCUT2D eigenvalue weighted by molar-refractivity contribution is -0.144. The van der Waals surface area contributed by atoms with Crippen molar-refractivity contribution in [2.45, 2.75) is 26.9 Å². The first kappa shape index (κ1) is 17.6. The van der Waals surface area contributed by atoms with E-state index in [4.69, 9.17) is 9.26 Å². The molecule has 0 aliphatic rings. The molecule has 24 heavy (non-hydrogen) atoms. The Hall–Kier alpha value is -2.77. The second-order valence-electron chi connectivity index (χ2n) is 5.09. The Morgan fingerprint density at radius 3 is 2.67 bits per heavy atom. The minimum Gasteiger partial charge on any atom is -0.461 e. The Labute approximate surface area is 136 Å². The molecule has 2 rings (SSSR count).